The maximum absolute atomic E-state index is 12.3. The number of aryl methyl sites for hydroxylation is 1. The second kappa shape index (κ2) is 5.73. The van der Waals surface area contributed by atoms with Crippen LogP contribution in [0.3, 0.4) is 0 Å². The Kier molecular flexibility index (Phi) is 4.30. The molecule has 1 aromatic rings. The van der Waals surface area contributed by atoms with Crippen molar-refractivity contribution < 1.29 is 31.9 Å². The Labute approximate surface area is 148 Å². The van der Waals surface area contributed by atoms with Gasteiger partial charge in [-0.3, -0.25) is 4.18 Å². The average Bonchev–Trinajstić information content (AvgIpc) is 2.83. The molecule has 0 saturated carbocycles. The number of aliphatic hydroxyl groups is 1. The quantitative estimate of drug-likeness (QED) is 0.805. The van der Waals surface area contributed by atoms with Gasteiger partial charge in [0.1, 0.15) is 12.2 Å². The van der Waals surface area contributed by atoms with Gasteiger partial charge in [0.2, 0.25) is 0 Å². The van der Waals surface area contributed by atoms with Crippen LogP contribution in [0.4, 0.5) is 0 Å². The summed E-state index contributed by atoms with van der Waals surface area (Å²) in [6.45, 7) is 8.19. The van der Waals surface area contributed by atoms with Gasteiger partial charge >= 0.3 is 0 Å². The van der Waals surface area contributed by atoms with Gasteiger partial charge in [-0.2, -0.15) is 8.42 Å². The minimum absolute atomic E-state index is 0.0644. The fourth-order valence-electron chi connectivity index (χ4n) is 3.32. The van der Waals surface area contributed by atoms with Crippen molar-refractivity contribution in [2.75, 3.05) is 6.61 Å². The Morgan fingerprint density at radius 3 is 2.32 bits per heavy atom. The lowest BCUT2D eigenvalue weighted by Crippen LogP contribution is -2.51. The zero-order chi connectivity index (χ0) is 18.7. The van der Waals surface area contributed by atoms with E-state index in [9.17, 15) is 13.5 Å². The molecule has 8 heteroatoms. The Bertz CT molecular complexity index is 754. The van der Waals surface area contributed by atoms with E-state index in [0.717, 1.165) is 5.56 Å². The van der Waals surface area contributed by atoms with Gasteiger partial charge in [-0.05, 0) is 46.8 Å². The highest BCUT2D eigenvalue weighted by molar-refractivity contribution is 7.86. The molecule has 140 valence electrons. The number of fused-ring (bicyclic) bond motifs is 1. The van der Waals surface area contributed by atoms with Crippen LogP contribution in [0.15, 0.2) is 29.2 Å². The molecular formula is C17H24O7S. The van der Waals surface area contributed by atoms with Crippen LogP contribution in [-0.2, 0) is 28.5 Å². The minimum Gasteiger partial charge on any atom is -0.363 e. The van der Waals surface area contributed by atoms with Crippen molar-refractivity contribution in [2.24, 2.45) is 0 Å². The summed E-state index contributed by atoms with van der Waals surface area (Å²) in [5, 5.41) is 10.6. The first-order valence-corrected chi connectivity index (χ1v) is 9.51. The number of rotatable bonds is 4. The lowest BCUT2D eigenvalue weighted by Gasteiger charge is -2.33. The molecule has 0 aromatic heterocycles. The maximum Gasteiger partial charge on any atom is 0.297 e. The van der Waals surface area contributed by atoms with Gasteiger partial charge in [0, 0.05) is 0 Å². The molecule has 3 rings (SSSR count). The average molecular weight is 372 g/mol. The number of ether oxygens (including phenoxy) is 3. The van der Waals surface area contributed by atoms with Crippen LogP contribution in [0, 0.1) is 6.92 Å². The topological polar surface area (TPSA) is 91.3 Å². The van der Waals surface area contributed by atoms with E-state index >= 15 is 0 Å². The van der Waals surface area contributed by atoms with E-state index in [4.69, 9.17) is 18.4 Å². The summed E-state index contributed by atoms with van der Waals surface area (Å²) >= 11 is 0. The Morgan fingerprint density at radius 1 is 1.12 bits per heavy atom. The van der Waals surface area contributed by atoms with Crippen LogP contribution < -0.4 is 0 Å². The molecule has 2 aliphatic rings. The molecule has 4 atom stereocenters. The van der Waals surface area contributed by atoms with Gasteiger partial charge < -0.3 is 19.3 Å². The van der Waals surface area contributed by atoms with Gasteiger partial charge in [0.05, 0.1) is 11.5 Å². The molecule has 2 heterocycles. The molecule has 0 bridgehead atoms. The van der Waals surface area contributed by atoms with Gasteiger partial charge in [-0.25, -0.2) is 0 Å². The first kappa shape index (κ1) is 18.8. The second-order valence-electron chi connectivity index (χ2n) is 7.34. The van der Waals surface area contributed by atoms with Crippen LogP contribution in [0.1, 0.15) is 33.3 Å². The van der Waals surface area contributed by atoms with Crippen LogP contribution in [0.25, 0.3) is 0 Å². The third-order valence-electron chi connectivity index (χ3n) is 4.75. The molecule has 1 aromatic carbocycles. The van der Waals surface area contributed by atoms with Crippen LogP contribution in [-0.4, -0.2) is 49.5 Å². The smallest absolute Gasteiger partial charge is 0.297 e. The fraction of sp³-hybridized carbons (Fsp3) is 0.647. The van der Waals surface area contributed by atoms with Crippen LogP contribution in [0.2, 0.25) is 0 Å². The fourth-order valence-corrected chi connectivity index (χ4v) is 4.24. The monoisotopic (exact) mass is 372 g/mol. The Hall–Kier alpha value is -1.03. The largest absolute Gasteiger partial charge is 0.363 e. The molecule has 0 spiro atoms. The van der Waals surface area contributed by atoms with E-state index in [1.165, 1.54) is 19.1 Å². The van der Waals surface area contributed by atoms with Crippen molar-refractivity contribution in [3.8, 4) is 0 Å². The maximum atomic E-state index is 12.3. The van der Waals surface area contributed by atoms with E-state index < -0.39 is 39.5 Å². The minimum atomic E-state index is -3.94. The normalized spacial score (nSPS) is 37.2. The van der Waals surface area contributed by atoms with Crippen molar-refractivity contribution in [1.82, 2.24) is 0 Å². The molecule has 0 amide bonds. The molecule has 0 aliphatic carbocycles. The zero-order valence-electron chi connectivity index (χ0n) is 15.0. The van der Waals surface area contributed by atoms with Crippen LogP contribution >= 0.6 is 0 Å². The van der Waals surface area contributed by atoms with Gasteiger partial charge in [-0.15, -0.1) is 0 Å². The number of hydrogen-bond acceptors (Lipinski definition) is 7. The lowest BCUT2D eigenvalue weighted by molar-refractivity contribution is -0.293. The van der Waals surface area contributed by atoms with E-state index in [1.54, 1.807) is 32.9 Å². The van der Waals surface area contributed by atoms with E-state index in [2.05, 4.69) is 0 Å². The summed E-state index contributed by atoms with van der Waals surface area (Å²) in [7, 11) is -3.94. The molecule has 2 saturated heterocycles. The third-order valence-corrected chi connectivity index (χ3v) is 6.04. The molecule has 0 radical (unpaired) electrons. The molecule has 7 nitrogen and oxygen atoms in total. The van der Waals surface area contributed by atoms with E-state index in [0.29, 0.717) is 0 Å². The predicted octanol–water partition coefficient (Wildman–Crippen LogP) is 1.72. The van der Waals surface area contributed by atoms with E-state index in [-0.39, 0.29) is 11.5 Å². The summed E-state index contributed by atoms with van der Waals surface area (Å²) < 4.78 is 47.1. The number of benzene rings is 1. The van der Waals surface area contributed by atoms with Crippen LogP contribution in [0.5, 0.6) is 0 Å². The van der Waals surface area contributed by atoms with Crippen molar-refractivity contribution in [1.29, 1.82) is 0 Å². The molecule has 2 fully saturated rings. The lowest BCUT2D eigenvalue weighted by atomic mass is 9.91. The van der Waals surface area contributed by atoms with Crippen molar-refractivity contribution >= 4 is 10.1 Å². The van der Waals surface area contributed by atoms with Gasteiger partial charge in [-0.1, -0.05) is 17.7 Å². The van der Waals surface area contributed by atoms with Gasteiger partial charge in [0.15, 0.2) is 17.2 Å². The van der Waals surface area contributed by atoms with Crippen molar-refractivity contribution in [3.63, 3.8) is 0 Å². The highest BCUT2D eigenvalue weighted by Gasteiger charge is 2.68. The SMILES string of the molecule is Cc1ccc(S(=O)(=O)OC[C@H]2OC(C)(O)[C@]3(C)OC(C)(C)O[C@H]23)cc1. The summed E-state index contributed by atoms with van der Waals surface area (Å²) in [6.07, 6.45) is -1.45. The van der Waals surface area contributed by atoms with Crippen molar-refractivity contribution in [2.45, 2.75) is 68.9 Å². The Morgan fingerprint density at radius 2 is 1.72 bits per heavy atom. The molecule has 25 heavy (non-hydrogen) atoms. The highest BCUT2D eigenvalue weighted by Crippen LogP contribution is 2.50. The second-order valence-corrected chi connectivity index (χ2v) is 8.95. The standard InChI is InChI=1S/C17H24O7S/c1-11-6-8-12(9-7-11)25(19,20)21-10-13-14-16(4,17(5,18)22-13)24-15(2,3)23-14/h6-9,13-14,18H,10H2,1-5H3/t13-,14-,16-,17?/m1/s1. The summed E-state index contributed by atoms with van der Waals surface area (Å²) in [5.41, 5.74) is -0.179. The molecule has 1 unspecified atom stereocenters. The Balaban J connectivity index is 1.76. The predicted molar refractivity (Wildman–Crippen MR) is 88.3 cm³/mol. The van der Waals surface area contributed by atoms with Crippen molar-refractivity contribution in [3.05, 3.63) is 29.8 Å². The highest BCUT2D eigenvalue weighted by atomic mass is 32.2. The first-order valence-electron chi connectivity index (χ1n) is 8.11. The zero-order valence-corrected chi connectivity index (χ0v) is 15.8. The van der Waals surface area contributed by atoms with Gasteiger partial charge in [0.25, 0.3) is 10.1 Å². The first-order chi connectivity index (χ1) is 11.4. The summed E-state index contributed by atoms with van der Waals surface area (Å²) in [4.78, 5) is 0.0644. The summed E-state index contributed by atoms with van der Waals surface area (Å²) in [5.74, 6) is -2.55. The summed E-state index contributed by atoms with van der Waals surface area (Å²) in [6, 6.07) is 6.36. The third kappa shape index (κ3) is 3.22. The molecular weight excluding hydrogens is 348 g/mol. The number of hydrogen-bond donors (Lipinski definition) is 1. The molecule has 1 N–H and O–H groups in total. The molecule has 2 aliphatic heterocycles. The van der Waals surface area contributed by atoms with E-state index in [1.807, 2.05) is 6.92 Å².